The summed E-state index contributed by atoms with van der Waals surface area (Å²) < 4.78 is 0. The maximum atomic E-state index is 3.47. The Morgan fingerprint density at radius 2 is 1.48 bits per heavy atom. The predicted octanol–water partition coefficient (Wildman–Crippen LogP) is 6.66. The van der Waals surface area contributed by atoms with Gasteiger partial charge in [0.1, 0.15) is 0 Å². The van der Waals surface area contributed by atoms with E-state index in [-0.39, 0.29) is 26.2 Å². The third-order valence-electron chi connectivity index (χ3n) is 3.11. The van der Waals surface area contributed by atoms with Crippen LogP contribution in [0.3, 0.4) is 0 Å². The molecule has 2 radical (unpaired) electrons. The average Bonchev–Trinajstić information content (AvgIpc) is 3.38. The molecule has 0 saturated carbocycles. The molecule has 0 saturated heterocycles. The number of hydrogen-bond donors (Lipinski definition) is 0. The Morgan fingerprint density at radius 1 is 0.880 bits per heavy atom. The van der Waals surface area contributed by atoms with Crippen molar-refractivity contribution in [3.8, 4) is 0 Å². The summed E-state index contributed by atoms with van der Waals surface area (Å²) in [5.41, 5.74) is 2.54. The molecule has 0 aliphatic heterocycles. The minimum absolute atomic E-state index is 0. The molecule has 0 bridgehead atoms. The standard InChI is InChI=1S/C14H18.2C5H4.Zr/c1-3-5-10-13(9-4-2)14-11-7-6-8-12-14;2*1-2-4-5-3-1;/h6-8,11H,3-5,9H2,1-2H3;2*1-4H;/q-2;2*-1;+4. The topological polar surface area (TPSA) is 0 Å². The van der Waals surface area contributed by atoms with Crippen LogP contribution < -0.4 is 0 Å². The molecule has 0 unspecified atom stereocenters. The van der Waals surface area contributed by atoms with Crippen molar-refractivity contribution in [2.75, 3.05) is 0 Å². The summed E-state index contributed by atoms with van der Waals surface area (Å²) >= 11 is 0. The van der Waals surface area contributed by atoms with Crippen LogP contribution in [-0.4, -0.2) is 0 Å². The molecule has 1 heteroatoms. The summed E-state index contributed by atoms with van der Waals surface area (Å²) in [5.74, 6) is 0. The van der Waals surface area contributed by atoms with E-state index in [9.17, 15) is 0 Å². The summed E-state index contributed by atoms with van der Waals surface area (Å²) in [6, 6.07) is 11.4. The first kappa shape index (κ1) is 23.5. The van der Waals surface area contributed by atoms with Crippen molar-refractivity contribution in [3.05, 3.63) is 103 Å². The van der Waals surface area contributed by atoms with Crippen molar-refractivity contribution in [1.29, 1.82) is 0 Å². The van der Waals surface area contributed by atoms with E-state index >= 15 is 0 Å². The number of benzene rings is 1. The summed E-state index contributed by atoms with van der Waals surface area (Å²) in [6.45, 7) is 4.39. The fourth-order valence-corrected chi connectivity index (χ4v) is 1.98. The normalized spacial score (nSPS) is 13.0. The summed E-state index contributed by atoms with van der Waals surface area (Å²) in [4.78, 5) is 0. The molecule has 2 aliphatic rings. The molecule has 2 aliphatic carbocycles. The van der Waals surface area contributed by atoms with Crippen LogP contribution in [0, 0.1) is 25.0 Å². The van der Waals surface area contributed by atoms with Gasteiger partial charge in [0, 0.05) is 0 Å². The molecule has 1 aromatic rings. The van der Waals surface area contributed by atoms with Crippen molar-refractivity contribution in [3.63, 3.8) is 0 Å². The van der Waals surface area contributed by atoms with Crippen LogP contribution in [0.25, 0.3) is 5.57 Å². The third-order valence-corrected chi connectivity index (χ3v) is 3.11. The zero-order valence-electron chi connectivity index (χ0n) is 15.3. The van der Waals surface area contributed by atoms with Gasteiger partial charge in [-0.05, 0) is 0 Å². The molecule has 3 rings (SSSR count). The molecule has 0 amide bonds. The first-order chi connectivity index (χ1) is 11.9. The van der Waals surface area contributed by atoms with E-state index in [2.05, 4.69) is 51.0 Å². The predicted molar refractivity (Wildman–Crippen MR) is 105 cm³/mol. The molecule has 0 atom stereocenters. The van der Waals surface area contributed by atoms with Gasteiger partial charge in [-0.3, -0.25) is 5.57 Å². The Kier molecular flexibility index (Phi) is 16.4. The van der Waals surface area contributed by atoms with Gasteiger partial charge >= 0.3 is 26.2 Å². The molecule has 0 heterocycles. The monoisotopic (exact) mass is 404 g/mol. The summed E-state index contributed by atoms with van der Waals surface area (Å²) in [7, 11) is 0. The number of rotatable bonds is 5. The van der Waals surface area contributed by atoms with Crippen molar-refractivity contribution in [2.45, 2.75) is 39.5 Å². The Labute approximate surface area is 174 Å². The van der Waals surface area contributed by atoms with Crippen molar-refractivity contribution in [2.24, 2.45) is 0 Å². The Balaban J connectivity index is 0.000000425. The van der Waals surface area contributed by atoms with Crippen LogP contribution in [0.1, 0.15) is 45.1 Å². The van der Waals surface area contributed by atoms with Crippen LogP contribution in [0.4, 0.5) is 0 Å². The molecule has 25 heavy (non-hydrogen) atoms. The number of unbranched alkanes of at least 4 members (excludes halogenated alkanes) is 1. The maximum absolute atomic E-state index is 3.47. The van der Waals surface area contributed by atoms with E-state index in [1.165, 1.54) is 24.0 Å². The SMILES string of the molecule is CCC[C-]=C(CCC)c1[c-]cccc1.[C-]1C=CC=C1.[C-]1C=CC=C1.[Zr+4]. The molecule has 0 aromatic heterocycles. The second-order valence-electron chi connectivity index (χ2n) is 5.20. The van der Waals surface area contributed by atoms with Crippen molar-refractivity contribution < 1.29 is 26.2 Å². The second-order valence-corrected chi connectivity index (χ2v) is 5.20. The smallest absolute Gasteiger partial charge is 0.323 e. The van der Waals surface area contributed by atoms with Gasteiger partial charge in [-0.2, -0.15) is 49.3 Å². The number of allylic oxidation sites excluding steroid dienone is 10. The van der Waals surface area contributed by atoms with Crippen LogP contribution in [-0.2, 0) is 26.2 Å². The first-order valence-electron chi connectivity index (χ1n) is 8.60. The van der Waals surface area contributed by atoms with E-state index in [4.69, 9.17) is 0 Å². The van der Waals surface area contributed by atoms with Crippen LogP contribution >= 0.6 is 0 Å². The maximum Gasteiger partial charge on any atom is 4.00 e. The quantitative estimate of drug-likeness (QED) is 0.481. The van der Waals surface area contributed by atoms with Crippen LogP contribution in [0.5, 0.6) is 0 Å². The molecule has 1 aromatic carbocycles. The first-order valence-corrected chi connectivity index (χ1v) is 8.60. The van der Waals surface area contributed by atoms with E-state index in [1.54, 1.807) is 0 Å². The van der Waals surface area contributed by atoms with Crippen LogP contribution in [0.15, 0.2) is 72.9 Å². The van der Waals surface area contributed by atoms with Gasteiger partial charge in [-0.25, -0.2) is 36.4 Å². The van der Waals surface area contributed by atoms with Gasteiger partial charge in [0.2, 0.25) is 0 Å². The molecule has 126 valence electrons. The van der Waals surface area contributed by atoms with Gasteiger partial charge in [0.25, 0.3) is 0 Å². The van der Waals surface area contributed by atoms with E-state index in [0.717, 1.165) is 12.8 Å². The fraction of sp³-hybridized carbons (Fsp3) is 0.250. The Morgan fingerprint density at radius 3 is 1.84 bits per heavy atom. The minimum Gasteiger partial charge on any atom is -0.323 e. The molecule has 0 nitrogen and oxygen atoms in total. The van der Waals surface area contributed by atoms with Crippen LogP contribution in [0.2, 0.25) is 0 Å². The van der Waals surface area contributed by atoms with Gasteiger partial charge in [0.15, 0.2) is 0 Å². The number of hydrogen-bond acceptors (Lipinski definition) is 0. The van der Waals surface area contributed by atoms with E-state index in [0.29, 0.717) is 0 Å². The van der Waals surface area contributed by atoms with E-state index < -0.39 is 0 Å². The largest absolute Gasteiger partial charge is 4.00 e. The average molecular weight is 406 g/mol. The third kappa shape index (κ3) is 12.5. The second kappa shape index (κ2) is 17.4. The zero-order chi connectivity index (χ0) is 17.3. The fourth-order valence-electron chi connectivity index (χ4n) is 1.98. The van der Waals surface area contributed by atoms with Gasteiger partial charge in [0.05, 0.1) is 0 Å². The molecule has 0 fully saturated rings. The molecule has 0 N–H and O–H groups in total. The van der Waals surface area contributed by atoms with Gasteiger partial charge < -0.3 is 11.6 Å². The molecular weight excluding hydrogens is 379 g/mol. The van der Waals surface area contributed by atoms with Gasteiger partial charge in [-0.15, -0.1) is 12.5 Å². The summed E-state index contributed by atoms with van der Waals surface area (Å²) in [5, 5.41) is 0. The minimum atomic E-state index is 0. The zero-order valence-corrected chi connectivity index (χ0v) is 17.7. The van der Waals surface area contributed by atoms with Crippen molar-refractivity contribution >= 4 is 5.57 Å². The Hall–Kier alpha value is -1.46. The van der Waals surface area contributed by atoms with E-state index in [1.807, 2.05) is 60.7 Å². The van der Waals surface area contributed by atoms with Crippen molar-refractivity contribution in [1.82, 2.24) is 0 Å². The molecular formula is C24H26Zr. The Bertz CT molecular complexity index is 517. The summed E-state index contributed by atoms with van der Waals surface area (Å²) in [6.07, 6.45) is 29.0. The van der Waals surface area contributed by atoms with Gasteiger partial charge in [-0.1, -0.05) is 33.1 Å². The molecule has 0 spiro atoms.